The predicted molar refractivity (Wildman–Crippen MR) is 80.8 cm³/mol. The molecule has 2 unspecified atom stereocenters. The molecule has 0 heterocycles. The van der Waals surface area contributed by atoms with Gasteiger partial charge in [0, 0.05) is 0 Å². The number of ether oxygens (including phenoxy) is 3. The van der Waals surface area contributed by atoms with Crippen LogP contribution >= 0.6 is 0 Å². The molecule has 0 spiro atoms. The third-order valence-corrected chi connectivity index (χ3v) is 2.93. The SMILES string of the molecule is CCCOC(=O)CC(OO)(C(=O)OCCC)C(O)C(=O)OCCC. The number of aliphatic hydroxyl groups is 1. The monoisotopic (exact) mass is 350 g/mol. The Hall–Kier alpha value is -1.71. The molecule has 24 heavy (non-hydrogen) atoms. The van der Waals surface area contributed by atoms with E-state index in [4.69, 9.17) is 14.2 Å². The summed E-state index contributed by atoms with van der Waals surface area (Å²) in [5.41, 5.74) is -2.65. The van der Waals surface area contributed by atoms with Gasteiger partial charge in [-0.25, -0.2) is 14.5 Å². The third-order valence-electron chi connectivity index (χ3n) is 2.93. The minimum absolute atomic E-state index is 0.0122. The number of esters is 3. The molecule has 0 aliphatic heterocycles. The molecule has 0 fully saturated rings. The van der Waals surface area contributed by atoms with Gasteiger partial charge in [-0.1, -0.05) is 20.8 Å². The summed E-state index contributed by atoms with van der Waals surface area (Å²) in [6.45, 7) is 5.21. The quantitative estimate of drug-likeness (QED) is 0.227. The lowest BCUT2D eigenvalue weighted by molar-refractivity contribution is -0.336. The van der Waals surface area contributed by atoms with Crippen LogP contribution in [0, 0.1) is 0 Å². The van der Waals surface area contributed by atoms with E-state index in [1.807, 2.05) is 0 Å². The summed E-state index contributed by atoms with van der Waals surface area (Å²) in [4.78, 5) is 40.0. The molecule has 0 amide bonds. The lowest BCUT2D eigenvalue weighted by Gasteiger charge is -2.30. The maximum absolute atomic E-state index is 12.2. The second-order valence-electron chi connectivity index (χ2n) is 5.08. The minimum atomic E-state index is -2.65. The van der Waals surface area contributed by atoms with Gasteiger partial charge in [-0.05, 0) is 19.3 Å². The summed E-state index contributed by atoms with van der Waals surface area (Å²) >= 11 is 0. The zero-order chi connectivity index (χ0) is 18.6. The van der Waals surface area contributed by atoms with Crippen molar-refractivity contribution in [2.45, 2.75) is 58.2 Å². The van der Waals surface area contributed by atoms with Crippen LogP contribution in [0.5, 0.6) is 0 Å². The first-order chi connectivity index (χ1) is 11.4. The average Bonchev–Trinajstić information content (AvgIpc) is 2.59. The van der Waals surface area contributed by atoms with E-state index < -0.39 is 36.0 Å². The Bertz CT molecular complexity index is 410. The van der Waals surface area contributed by atoms with E-state index >= 15 is 0 Å². The van der Waals surface area contributed by atoms with E-state index in [9.17, 15) is 24.7 Å². The number of hydrogen-bond donors (Lipinski definition) is 2. The lowest BCUT2D eigenvalue weighted by Crippen LogP contribution is -2.57. The van der Waals surface area contributed by atoms with Crippen LogP contribution in [-0.2, 0) is 33.5 Å². The van der Waals surface area contributed by atoms with Gasteiger partial charge in [0.25, 0.3) is 0 Å². The van der Waals surface area contributed by atoms with Crippen LogP contribution in [0.1, 0.15) is 46.5 Å². The van der Waals surface area contributed by atoms with Crippen molar-refractivity contribution in [3.8, 4) is 0 Å². The average molecular weight is 350 g/mol. The first-order valence-corrected chi connectivity index (χ1v) is 7.89. The second-order valence-corrected chi connectivity index (χ2v) is 5.08. The first-order valence-electron chi connectivity index (χ1n) is 7.89. The Morgan fingerprint density at radius 1 is 0.917 bits per heavy atom. The topological polar surface area (TPSA) is 129 Å². The fraction of sp³-hybridized carbons (Fsp3) is 0.800. The third kappa shape index (κ3) is 6.42. The number of rotatable bonds is 12. The zero-order valence-electron chi connectivity index (χ0n) is 14.3. The highest BCUT2D eigenvalue weighted by molar-refractivity contribution is 5.93. The summed E-state index contributed by atoms with van der Waals surface area (Å²) in [6, 6.07) is 0. The van der Waals surface area contributed by atoms with Crippen molar-refractivity contribution in [2.24, 2.45) is 0 Å². The molecule has 2 atom stereocenters. The van der Waals surface area contributed by atoms with Gasteiger partial charge in [-0.2, -0.15) is 0 Å². The van der Waals surface area contributed by atoms with Gasteiger partial charge < -0.3 is 19.3 Å². The van der Waals surface area contributed by atoms with Crippen molar-refractivity contribution in [3.05, 3.63) is 0 Å². The predicted octanol–water partition coefficient (Wildman–Crippen LogP) is 0.825. The Kier molecular flexibility index (Phi) is 10.9. The van der Waals surface area contributed by atoms with Crippen LogP contribution in [0.2, 0.25) is 0 Å². The number of hydrogen-bond acceptors (Lipinski definition) is 9. The summed E-state index contributed by atoms with van der Waals surface area (Å²) < 4.78 is 14.4. The number of aliphatic hydroxyl groups excluding tert-OH is 1. The van der Waals surface area contributed by atoms with Gasteiger partial charge in [0.15, 0.2) is 6.10 Å². The van der Waals surface area contributed by atoms with Gasteiger partial charge in [0.2, 0.25) is 5.60 Å². The molecule has 9 nitrogen and oxygen atoms in total. The molecule has 0 aromatic carbocycles. The maximum Gasteiger partial charge on any atom is 0.345 e. The van der Waals surface area contributed by atoms with E-state index in [1.54, 1.807) is 20.8 Å². The van der Waals surface area contributed by atoms with Crippen LogP contribution < -0.4 is 0 Å². The molecule has 0 rings (SSSR count). The van der Waals surface area contributed by atoms with Crippen molar-refractivity contribution in [1.82, 2.24) is 0 Å². The van der Waals surface area contributed by atoms with Crippen molar-refractivity contribution >= 4 is 17.9 Å². The Morgan fingerprint density at radius 3 is 1.92 bits per heavy atom. The molecule has 0 aliphatic carbocycles. The van der Waals surface area contributed by atoms with Gasteiger partial charge in [-0.3, -0.25) is 10.1 Å². The molecule has 0 aromatic rings. The lowest BCUT2D eigenvalue weighted by atomic mass is 9.92. The summed E-state index contributed by atoms with van der Waals surface area (Å²) in [6.07, 6.45) is -1.71. The highest BCUT2D eigenvalue weighted by atomic mass is 17.1. The summed E-state index contributed by atoms with van der Waals surface area (Å²) in [5.74, 6) is -3.43. The summed E-state index contributed by atoms with van der Waals surface area (Å²) in [7, 11) is 0. The van der Waals surface area contributed by atoms with E-state index in [2.05, 4.69) is 4.89 Å². The maximum atomic E-state index is 12.2. The molecule has 140 valence electrons. The minimum Gasteiger partial charge on any atom is -0.466 e. The fourth-order valence-corrected chi connectivity index (χ4v) is 1.67. The highest BCUT2D eigenvalue weighted by Crippen LogP contribution is 2.25. The largest absolute Gasteiger partial charge is 0.466 e. The molecule has 0 saturated heterocycles. The van der Waals surface area contributed by atoms with Crippen LogP contribution in [0.4, 0.5) is 0 Å². The standard InChI is InChI=1S/C15H26O9/c1-4-7-21-11(16)10-15(24-20,14(19)23-9-6-3)12(17)13(18)22-8-5-2/h12,17,20H,4-10H2,1-3H3. The van der Waals surface area contributed by atoms with E-state index in [0.29, 0.717) is 19.3 Å². The molecule has 0 bridgehead atoms. The van der Waals surface area contributed by atoms with Crippen molar-refractivity contribution < 1.29 is 43.8 Å². The molecular formula is C15H26O9. The fourth-order valence-electron chi connectivity index (χ4n) is 1.67. The Morgan fingerprint density at radius 2 is 1.42 bits per heavy atom. The highest BCUT2D eigenvalue weighted by Gasteiger charge is 2.55. The molecule has 0 aliphatic rings. The van der Waals surface area contributed by atoms with E-state index in [1.165, 1.54) is 0 Å². The molecule has 2 N–H and O–H groups in total. The van der Waals surface area contributed by atoms with E-state index in [0.717, 1.165) is 0 Å². The van der Waals surface area contributed by atoms with Crippen molar-refractivity contribution in [3.63, 3.8) is 0 Å². The van der Waals surface area contributed by atoms with Gasteiger partial charge in [-0.15, -0.1) is 0 Å². The normalized spacial score (nSPS) is 14.4. The van der Waals surface area contributed by atoms with Crippen LogP contribution in [-0.4, -0.2) is 59.8 Å². The summed E-state index contributed by atoms with van der Waals surface area (Å²) in [5, 5.41) is 19.3. The number of carbonyl (C=O) groups excluding carboxylic acids is 3. The number of carbonyl (C=O) groups is 3. The molecular weight excluding hydrogens is 324 g/mol. The molecule has 9 heteroatoms. The molecule has 0 radical (unpaired) electrons. The first kappa shape index (κ1) is 22.3. The van der Waals surface area contributed by atoms with Crippen LogP contribution in [0.25, 0.3) is 0 Å². The van der Waals surface area contributed by atoms with Gasteiger partial charge in [0.1, 0.15) is 0 Å². The Labute approximate surface area is 140 Å². The van der Waals surface area contributed by atoms with Crippen LogP contribution in [0.15, 0.2) is 0 Å². The van der Waals surface area contributed by atoms with Crippen molar-refractivity contribution in [1.29, 1.82) is 0 Å². The van der Waals surface area contributed by atoms with Crippen molar-refractivity contribution in [2.75, 3.05) is 19.8 Å². The van der Waals surface area contributed by atoms with Crippen LogP contribution in [0.3, 0.4) is 0 Å². The van der Waals surface area contributed by atoms with E-state index in [-0.39, 0.29) is 19.8 Å². The molecule has 0 saturated carbocycles. The second kappa shape index (κ2) is 11.8. The smallest absolute Gasteiger partial charge is 0.345 e. The molecule has 0 aromatic heterocycles. The zero-order valence-corrected chi connectivity index (χ0v) is 14.3. The van der Waals surface area contributed by atoms with Gasteiger partial charge in [0.05, 0.1) is 26.2 Å². The van der Waals surface area contributed by atoms with Gasteiger partial charge >= 0.3 is 17.9 Å². The Balaban J connectivity index is 5.38.